The molecule has 0 aliphatic rings. The van der Waals surface area contributed by atoms with Crippen molar-refractivity contribution in [3.8, 4) is 0 Å². The van der Waals surface area contributed by atoms with Gasteiger partial charge in [-0.2, -0.15) is 0 Å². The number of thiol groups is 1. The fourth-order valence-electron chi connectivity index (χ4n) is 1.87. The number of carbonyl (C=O) groups excluding carboxylic acids is 1. The van der Waals surface area contributed by atoms with Crippen LogP contribution in [-0.2, 0) is 0 Å². The Hall–Kier alpha value is -1.52. The molecule has 1 unspecified atom stereocenters. The second-order valence-corrected chi connectivity index (χ2v) is 5.30. The number of nitrogens with one attached hydrogen (secondary N) is 1. The van der Waals surface area contributed by atoms with Crippen molar-refractivity contribution in [1.82, 2.24) is 5.32 Å². The number of hydrogen-bond acceptors (Lipinski definition) is 2. The van der Waals surface area contributed by atoms with E-state index in [2.05, 4.69) is 17.9 Å². The second-order valence-electron chi connectivity index (χ2n) is 4.38. The Kier molecular flexibility index (Phi) is 4.68. The van der Waals surface area contributed by atoms with Crippen LogP contribution >= 0.6 is 24.2 Å². The molecule has 1 amide bonds. The lowest BCUT2D eigenvalue weighted by Gasteiger charge is -2.15. The summed E-state index contributed by atoms with van der Waals surface area (Å²) in [5.74, 6) is -0.712. The van der Waals surface area contributed by atoms with Crippen LogP contribution in [0.4, 0.5) is 4.39 Å². The van der Waals surface area contributed by atoms with Gasteiger partial charge in [-0.15, -0.1) is 12.6 Å². The van der Waals surface area contributed by atoms with Crippen LogP contribution < -0.4 is 5.32 Å². The van der Waals surface area contributed by atoms with Gasteiger partial charge in [0.05, 0.1) is 16.6 Å². The first-order valence-electron chi connectivity index (χ1n) is 6.03. The van der Waals surface area contributed by atoms with Gasteiger partial charge in [0, 0.05) is 10.5 Å². The lowest BCUT2D eigenvalue weighted by Crippen LogP contribution is -2.27. The van der Waals surface area contributed by atoms with Gasteiger partial charge in [-0.1, -0.05) is 29.8 Å². The molecule has 104 valence electrons. The minimum Gasteiger partial charge on any atom is -0.345 e. The molecule has 2 aromatic carbocycles. The zero-order chi connectivity index (χ0) is 14.7. The summed E-state index contributed by atoms with van der Waals surface area (Å²) in [6.07, 6.45) is 0. The molecule has 0 fully saturated rings. The van der Waals surface area contributed by atoms with Gasteiger partial charge < -0.3 is 5.32 Å². The number of carbonyl (C=O) groups is 1. The maximum absolute atomic E-state index is 13.6. The van der Waals surface area contributed by atoms with Gasteiger partial charge in [0.25, 0.3) is 5.91 Å². The van der Waals surface area contributed by atoms with Gasteiger partial charge in [0.15, 0.2) is 0 Å². The molecule has 0 saturated heterocycles. The molecule has 0 bridgehead atoms. The van der Waals surface area contributed by atoms with Crippen molar-refractivity contribution in [3.05, 3.63) is 64.4 Å². The summed E-state index contributed by atoms with van der Waals surface area (Å²) in [5, 5.41) is 3.06. The number of rotatable bonds is 3. The van der Waals surface area contributed by atoms with E-state index in [9.17, 15) is 9.18 Å². The first-order chi connectivity index (χ1) is 9.49. The maximum Gasteiger partial charge on any atom is 0.253 e. The van der Waals surface area contributed by atoms with Crippen molar-refractivity contribution in [3.63, 3.8) is 0 Å². The van der Waals surface area contributed by atoms with Crippen molar-refractivity contribution in [2.75, 3.05) is 0 Å². The lowest BCUT2D eigenvalue weighted by atomic mass is 10.1. The van der Waals surface area contributed by atoms with E-state index in [0.717, 1.165) is 0 Å². The average molecular weight is 310 g/mol. The predicted molar refractivity (Wildman–Crippen MR) is 81.0 cm³/mol. The fourth-order valence-corrected chi connectivity index (χ4v) is 2.27. The summed E-state index contributed by atoms with van der Waals surface area (Å²) in [6, 6.07) is 10.8. The molecule has 0 aliphatic heterocycles. The van der Waals surface area contributed by atoms with Gasteiger partial charge in [0.2, 0.25) is 0 Å². The molecule has 0 aromatic heterocycles. The summed E-state index contributed by atoms with van der Waals surface area (Å²) in [6.45, 7) is 1.72. The molecule has 1 N–H and O–H groups in total. The Morgan fingerprint density at radius 2 is 2.00 bits per heavy atom. The van der Waals surface area contributed by atoms with Crippen molar-refractivity contribution in [1.29, 1.82) is 0 Å². The smallest absolute Gasteiger partial charge is 0.253 e. The molecule has 0 aliphatic carbocycles. The first kappa shape index (κ1) is 14.9. The number of benzene rings is 2. The van der Waals surface area contributed by atoms with E-state index in [1.807, 2.05) is 0 Å². The molecule has 0 radical (unpaired) electrons. The molecular formula is C15H13ClFNOS. The van der Waals surface area contributed by atoms with Crippen LogP contribution in [0.5, 0.6) is 0 Å². The van der Waals surface area contributed by atoms with E-state index < -0.39 is 6.04 Å². The molecule has 2 nitrogen and oxygen atoms in total. The second kappa shape index (κ2) is 6.29. The van der Waals surface area contributed by atoms with Gasteiger partial charge in [-0.3, -0.25) is 4.79 Å². The predicted octanol–water partition coefficient (Wildman–Crippen LogP) is 4.26. The van der Waals surface area contributed by atoms with Crippen molar-refractivity contribution >= 4 is 30.1 Å². The Morgan fingerprint density at radius 1 is 1.30 bits per heavy atom. The van der Waals surface area contributed by atoms with Crippen LogP contribution in [-0.4, -0.2) is 5.91 Å². The zero-order valence-electron chi connectivity index (χ0n) is 10.7. The number of hydrogen-bond donors (Lipinski definition) is 2. The van der Waals surface area contributed by atoms with Crippen LogP contribution in [0.15, 0.2) is 47.4 Å². The zero-order valence-corrected chi connectivity index (χ0v) is 12.4. The highest BCUT2D eigenvalue weighted by atomic mass is 35.5. The van der Waals surface area contributed by atoms with Gasteiger partial charge >= 0.3 is 0 Å². The summed E-state index contributed by atoms with van der Waals surface area (Å²) < 4.78 is 13.6. The Labute approximate surface area is 127 Å². The maximum atomic E-state index is 13.6. The third kappa shape index (κ3) is 3.32. The molecule has 0 heterocycles. The van der Waals surface area contributed by atoms with Crippen LogP contribution in [0.3, 0.4) is 0 Å². The van der Waals surface area contributed by atoms with E-state index >= 15 is 0 Å². The SMILES string of the molecule is CC(NC(=O)c1cc(S)ccc1Cl)c1ccccc1F. The Bertz CT molecular complexity index is 648. The fraction of sp³-hybridized carbons (Fsp3) is 0.133. The molecular weight excluding hydrogens is 297 g/mol. The monoisotopic (exact) mass is 309 g/mol. The minimum absolute atomic E-state index is 0.322. The van der Waals surface area contributed by atoms with Crippen molar-refractivity contribution < 1.29 is 9.18 Å². The highest BCUT2D eigenvalue weighted by molar-refractivity contribution is 7.80. The van der Waals surface area contributed by atoms with E-state index in [0.29, 0.717) is 21.0 Å². The quantitative estimate of drug-likeness (QED) is 0.815. The Balaban J connectivity index is 2.20. The summed E-state index contributed by atoms with van der Waals surface area (Å²) >= 11 is 10.2. The van der Waals surface area contributed by atoms with E-state index in [1.165, 1.54) is 6.07 Å². The Morgan fingerprint density at radius 3 is 2.70 bits per heavy atom. The lowest BCUT2D eigenvalue weighted by molar-refractivity contribution is 0.0939. The van der Waals surface area contributed by atoms with Crippen molar-refractivity contribution in [2.45, 2.75) is 17.9 Å². The number of halogens is 2. The van der Waals surface area contributed by atoms with E-state index in [1.54, 1.807) is 43.3 Å². The van der Waals surface area contributed by atoms with E-state index in [4.69, 9.17) is 11.6 Å². The molecule has 2 aromatic rings. The summed E-state index contributed by atoms with van der Waals surface area (Å²) in [4.78, 5) is 12.8. The topological polar surface area (TPSA) is 29.1 Å². The highest BCUT2D eigenvalue weighted by Gasteiger charge is 2.16. The summed E-state index contributed by atoms with van der Waals surface area (Å²) in [5.41, 5.74) is 0.751. The molecule has 0 spiro atoms. The van der Waals surface area contributed by atoms with Crippen LogP contribution in [0.2, 0.25) is 5.02 Å². The van der Waals surface area contributed by atoms with Gasteiger partial charge in [0.1, 0.15) is 5.82 Å². The average Bonchev–Trinajstić information content (AvgIpc) is 2.41. The summed E-state index contributed by atoms with van der Waals surface area (Å²) in [7, 11) is 0. The van der Waals surface area contributed by atoms with Crippen LogP contribution in [0.1, 0.15) is 28.9 Å². The highest BCUT2D eigenvalue weighted by Crippen LogP contribution is 2.21. The molecule has 0 saturated carbocycles. The third-order valence-electron chi connectivity index (χ3n) is 2.91. The molecule has 5 heteroatoms. The van der Waals surface area contributed by atoms with Gasteiger partial charge in [-0.05, 0) is 31.2 Å². The minimum atomic E-state index is -0.455. The van der Waals surface area contributed by atoms with Crippen LogP contribution in [0, 0.1) is 5.82 Å². The van der Waals surface area contributed by atoms with Crippen molar-refractivity contribution in [2.24, 2.45) is 0 Å². The third-order valence-corrected chi connectivity index (χ3v) is 3.52. The molecule has 20 heavy (non-hydrogen) atoms. The van der Waals surface area contributed by atoms with E-state index in [-0.39, 0.29) is 11.7 Å². The first-order valence-corrected chi connectivity index (χ1v) is 6.85. The normalized spacial score (nSPS) is 12.0. The molecule has 1 atom stereocenters. The number of amides is 1. The largest absolute Gasteiger partial charge is 0.345 e. The standard InChI is InChI=1S/C15H13ClFNOS/c1-9(11-4-2-3-5-14(11)17)18-15(19)12-8-10(20)6-7-13(12)16/h2-9,20H,1H3,(H,18,19). The molecule has 2 rings (SSSR count). The van der Waals surface area contributed by atoms with Gasteiger partial charge in [-0.25, -0.2) is 4.39 Å². The van der Waals surface area contributed by atoms with Crippen LogP contribution in [0.25, 0.3) is 0 Å².